The van der Waals surface area contributed by atoms with Crippen LogP contribution in [-0.4, -0.2) is 25.7 Å². The molecule has 0 aromatic rings. The van der Waals surface area contributed by atoms with Gasteiger partial charge in [-0.05, 0) is 6.42 Å². The topological polar surface area (TPSA) is 52.6 Å². The van der Waals surface area contributed by atoms with Crippen LogP contribution in [-0.2, 0) is 19.1 Å². The number of rotatable bonds is 6. The van der Waals surface area contributed by atoms with Gasteiger partial charge < -0.3 is 9.47 Å². The van der Waals surface area contributed by atoms with E-state index in [1.54, 1.807) is 0 Å². The summed E-state index contributed by atoms with van der Waals surface area (Å²) in [5.74, 6) is -0.551. The summed E-state index contributed by atoms with van der Waals surface area (Å²) in [5, 5.41) is 0. The van der Waals surface area contributed by atoms with Crippen molar-refractivity contribution in [2.24, 2.45) is 0 Å². The Morgan fingerprint density at radius 3 is 2.36 bits per heavy atom. The zero-order valence-corrected chi connectivity index (χ0v) is 8.67. The van der Waals surface area contributed by atoms with Crippen LogP contribution >= 0.6 is 0 Å². The van der Waals surface area contributed by atoms with Crippen molar-refractivity contribution in [1.82, 2.24) is 0 Å². The first-order valence-electron chi connectivity index (χ1n) is 4.43. The Bertz CT molecular complexity index is 220. The smallest absolute Gasteiger partial charge is 0.305 e. The Hall–Kier alpha value is -1.32. The number of hydrogen-bond acceptors (Lipinski definition) is 4. The summed E-state index contributed by atoms with van der Waals surface area (Å²) in [6.07, 6.45) is 1.50. The van der Waals surface area contributed by atoms with Gasteiger partial charge in [-0.1, -0.05) is 12.2 Å². The van der Waals surface area contributed by atoms with E-state index in [1.807, 2.05) is 0 Å². The fraction of sp³-hybridized carbons (Fsp3) is 0.600. The van der Waals surface area contributed by atoms with Crippen molar-refractivity contribution in [3.05, 3.63) is 12.2 Å². The van der Waals surface area contributed by atoms with Gasteiger partial charge in [-0.25, -0.2) is 0 Å². The van der Waals surface area contributed by atoms with E-state index < -0.39 is 0 Å². The van der Waals surface area contributed by atoms with Gasteiger partial charge in [-0.3, -0.25) is 9.59 Å². The van der Waals surface area contributed by atoms with E-state index in [0.29, 0.717) is 25.9 Å². The molecule has 0 aliphatic carbocycles. The molecule has 0 aliphatic heterocycles. The number of carbonyl (C=O) groups excluding carboxylic acids is 2. The quantitative estimate of drug-likeness (QED) is 0.481. The van der Waals surface area contributed by atoms with Crippen LogP contribution in [0.2, 0.25) is 0 Å². The average molecular weight is 200 g/mol. The third-order valence-corrected chi connectivity index (χ3v) is 1.67. The fourth-order valence-electron chi connectivity index (χ4n) is 0.845. The minimum atomic E-state index is -0.300. The third-order valence-electron chi connectivity index (χ3n) is 1.67. The molecule has 4 nitrogen and oxygen atoms in total. The van der Waals surface area contributed by atoms with Crippen LogP contribution in [0.25, 0.3) is 0 Å². The summed E-state index contributed by atoms with van der Waals surface area (Å²) in [7, 11) is 1.35. The van der Waals surface area contributed by atoms with Crippen molar-refractivity contribution in [3.63, 3.8) is 0 Å². The first-order valence-corrected chi connectivity index (χ1v) is 4.43. The van der Waals surface area contributed by atoms with Crippen molar-refractivity contribution in [3.8, 4) is 0 Å². The van der Waals surface area contributed by atoms with Crippen LogP contribution in [0.3, 0.4) is 0 Å². The Balaban J connectivity index is 3.46. The van der Waals surface area contributed by atoms with Gasteiger partial charge in [0.05, 0.1) is 13.7 Å². The highest BCUT2D eigenvalue weighted by Gasteiger charge is 2.02. The lowest BCUT2D eigenvalue weighted by Crippen LogP contribution is -2.03. The monoisotopic (exact) mass is 200 g/mol. The minimum Gasteiger partial charge on any atom is -0.469 e. The van der Waals surface area contributed by atoms with Gasteiger partial charge in [0.2, 0.25) is 0 Å². The van der Waals surface area contributed by atoms with Crippen LogP contribution in [0, 0.1) is 0 Å². The molecule has 0 unspecified atom stereocenters. The molecule has 0 radical (unpaired) electrons. The highest BCUT2D eigenvalue weighted by molar-refractivity contribution is 5.69. The Kier molecular flexibility index (Phi) is 6.45. The number of esters is 2. The average Bonchev–Trinajstić information content (AvgIpc) is 2.13. The first kappa shape index (κ1) is 12.7. The summed E-state index contributed by atoms with van der Waals surface area (Å²) in [6, 6.07) is 0. The molecule has 0 aromatic heterocycles. The largest absolute Gasteiger partial charge is 0.469 e. The third kappa shape index (κ3) is 7.34. The minimum absolute atomic E-state index is 0.251. The van der Waals surface area contributed by atoms with Crippen LogP contribution in [0.1, 0.15) is 26.2 Å². The number of ether oxygens (including phenoxy) is 2. The molecule has 0 rings (SSSR count). The van der Waals surface area contributed by atoms with Crippen LogP contribution < -0.4 is 0 Å². The number of hydrogen-bond donors (Lipinski definition) is 0. The maximum absolute atomic E-state index is 10.7. The number of methoxy groups -OCH3 is 1. The molecule has 0 bridgehead atoms. The maximum Gasteiger partial charge on any atom is 0.305 e. The second kappa shape index (κ2) is 7.12. The van der Waals surface area contributed by atoms with Gasteiger partial charge in [-0.2, -0.15) is 0 Å². The van der Waals surface area contributed by atoms with E-state index in [4.69, 9.17) is 4.74 Å². The summed E-state index contributed by atoms with van der Waals surface area (Å²) in [5.41, 5.74) is 0.886. The highest BCUT2D eigenvalue weighted by Crippen LogP contribution is 2.07. The Morgan fingerprint density at radius 1 is 1.21 bits per heavy atom. The summed E-state index contributed by atoms with van der Waals surface area (Å²) in [6.45, 7) is 5.45. The Morgan fingerprint density at radius 2 is 1.86 bits per heavy atom. The van der Waals surface area contributed by atoms with Crippen molar-refractivity contribution in [2.45, 2.75) is 26.2 Å². The van der Waals surface area contributed by atoms with E-state index in [1.165, 1.54) is 14.0 Å². The van der Waals surface area contributed by atoms with Gasteiger partial charge in [-0.15, -0.1) is 0 Å². The van der Waals surface area contributed by atoms with Crippen molar-refractivity contribution < 1.29 is 19.1 Å². The molecule has 0 aromatic carbocycles. The summed E-state index contributed by atoms with van der Waals surface area (Å²) >= 11 is 0. The van der Waals surface area contributed by atoms with Gasteiger partial charge in [0.25, 0.3) is 0 Å². The van der Waals surface area contributed by atoms with Crippen LogP contribution in [0.5, 0.6) is 0 Å². The molecule has 0 N–H and O–H groups in total. The molecule has 0 spiro atoms. The summed E-state index contributed by atoms with van der Waals surface area (Å²) < 4.78 is 9.21. The van der Waals surface area contributed by atoms with E-state index in [9.17, 15) is 9.59 Å². The van der Waals surface area contributed by atoms with E-state index in [-0.39, 0.29) is 11.9 Å². The lowest BCUT2D eigenvalue weighted by atomic mass is 10.1. The molecule has 80 valence electrons. The van der Waals surface area contributed by atoms with Crippen LogP contribution in [0.15, 0.2) is 12.2 Å². The van der Waals surface area contributed by atoms with E-state index >= 15 is 0 Å². The number of carbonyl (C=O) groups is 2. The van der Waals surface area contributed by atoms with Crippen molar-refractivity contribution in [1.29, 1.82) is 0 Å². The van der Waals surface area contributed by atoms with Crippen molar-refractivity contribution >= 4 is 11.9 Å². The van der Waals surface area contributed by atoms with Crippen molar-refractivity contribution in [2.75, 3.05) is 13.7 Å². The van der Waals surface area contributed by atoms with Gasteiger partial charge in [0.1, 0.15) is 0 Å². The second-order valence-corrected chi connectivity index (χ2v) is 2.92. The van der Waals surface area contributed by atoms with Crippen LogP contribution in [0.4, 0.5) is 0 Å². The van der Waals surface area contributed by atoms with E-state index in [2.05, 4.69) is 11.3 Å². The normalized spacial score (nSPS) is 9.29. The molecule has 4 heteroatoms. The second-order valence-electron chi connectivity index (χ2n) is 2.92. The van der Waals surface area contributed by atoms with Gasteiger partial charge in [0.15, 0.2) is 0 Å². The molecule has 0 saturated carbocycles. The fourth-order valence-corrected chi connectivity index (χ4v) is 0.845. The maximum atomic E-state index is 10.7. The molecule has 0 amide bonds. The predicted octanol–water partition coefficient (Wildman–Crippen LogP) is 1.45. The lowest BCUT2D eigenvalue weighted by molar-refractivity contribution is -0.142. The van der Waals surface area contributed by atoms with Gasteiger partial charge >= 0.3 is 11.9 Å². The Labute approximate surface area is 83.9 Å². The molecule has 0 heterocycles. The lowest BCUT2D eigenvalue weighted by Gasteiger charge is -2.04. The molecule has 0 fully saturated rings. The van der Waals surface area contributed by atoms with E-state index in [0.717, 1.165) is 5.57 Å². The standard InChI is InChI=1S/C10H16O4/c1-8(4-5-10(12)13-3)6-7-14-9(2)11/h1,4-7H2,2-3H3. The SMILES string of the molecule is C=C(CCOC(C)=O)CCC(=O)OC. The molecule has 0 aliphatic rings. The highest BCUT2D eigenvalue weighted by atomic mass is 16.5. The zero-order valence-electron chi connectivity index (χ0n) is 8.67. The summed E-state index contributed by atoms with van der Waals surface area (Å²) in [4.78, 5) is 21.2. The molecule has 0 atom stereocenters. The predicted molar refractivity (Wildman–Crippen MR) is 51.6 cm³/mol. The molecular weight excluding hydrogens is 184 g/mol. The van der Waals surface area contributed by atoms with Gasteiger partial charge in [0, 0.05) is 19.8 Å². The first-order chi connectivity index (χ1) is 6.56. The molecule has 0 saturated heterocycles. The molecule has 14 heavy (non-hydrogen) atoms. The molecular formula is C10H16O4. The zero-order chi connectivity index (χ0) is 11.0.